The second-order valence-electron chi connectivity index (χ2n) is 7.90. The first-order valence-corrected chi connectivity index (χ1v) is 10.8. The minimum Gasteiger partial charge on any atom is -0.339 e. The van der Waals surface area contributed by atoms with Crippen LogP contribution in [0.25, 0.3) is 0 Å². The van der Waals surface area contributed by atoms with Crippen LogP contribution in [0.15, 0.2) is 28.7 Å². The maximum absolute atomic E-state index is 6.19. The molecule has 2 fully saturated rings. The lowest BCUT2D eigenvalue weighted by atomic mass is 10.0. The third kappa shape index (κ3) is 5.13. The molecule has 9 nitrogen and oxygen atoms in total. The summed E-state index contributed by atoms with van der Waals surface area (Å²) in [5, 5.41) is 3.30. The monoisotopic (exact) mass is 461 g/mol. The van der Waals surface area contributed by atoms with Crippen LogP contribution in [0.2, 0.25) is 0 Å². The van der Waals surface area contributed by atoms with E-state index in [1.54, 1.807) is 0 Å². The molecule has 2 aromatic rings. The van der Waals surface area contributed by atoms with Gasteiger partial charge in [-0.05, 0) is 37.5 Å². The molecule has 0 aliphatic carbocycles. The SMILES string of the molecule is N[C@@H]1CCCN(c2nc(Nc3cccc(Br)c3)nc(N3C[C@H](N)C[C@H](N)C3)n2)C1. The van der Waals surface area contributed by atoms with Crippen LogP contribution in [0.1, 0.15) is 19.3 Å². The van der Waals surface area contributed by atoms with Gasteiger partial charge in [-0.25, -0.2) is 0 Å². The van der Waals surface area contributed by atoms with Crippen molar-refractivity contribution >= 4 is 39.5 Å². The Morgan fingerprint density at radius 3 is 2.31 bits per heavy atom. The van der Waals surface area contributed by atoms with E-state index in [2.05, 4.69) is 41.0 Å². The summed E-state index contributed by atoms with van der Waals surface area (Å²) in [5.74, 6) is 1.72. The number of halogens is 1. The fourth-order valence-corrected chi connectivity index (χ4v) is 4.32. The number of aromatic nitrogens is 3. The first-order valence-electron chi connectivity index (χ1n) is 10.0. The molecule has 0 unspecified atom stereocenters. The highest BCUT2D eigenvalue weighted by atomic mass is 79.9. The van der Waals surface area contributed by atoms with E-state index in [-0.39, 0.29) is 18.1 Å². The van der Waals surface area contributed by atoms with E-state index in [1.807, 2.05) is 24.3 Å². The van der Waals surface area contributed by atoms with Gasteiger partial charge >= 0.3 is 0 Å². The Balaban J connectivity index is 1.66. The number of nitrogens with two attached hydrogens (primary N) is 3. The van der Waals surface area contributed by atoms with Gasteiger partial charge in [0.25, 0.3) is 0 Å². The summed E-state index contributed by atoms with van der Waals surface area (Å²) < 4.78 is 0.979. The summed E-state index contributed by atoms with van der Waals surface area (Å²) in [4.78, 5) is 18.3. The average molecular weight is 462 g/mol. The number of piperidine rings is 2. The molecule has 0 bridgehead atoms. The Morgan fingerprint density at radius 1 is 0.931 bits per heavy atom. The highest BCUT2D eigenvalue weighted by molar-refractivity contribution is 9.10. The number of hydrogen-bond donors (Lipinski definition) is 4. The molecule has 4 rings (SSSR count). The van der Waals surface area contributed by atoms with Gasteiger partial charge in [0.15, 0.2) is 0 Å². The summed E-state index contributed by atoms with van der Waals surface area (Å²) in [5.41, 5.74) is 19.5. The standard InChI is InChI=1S/C19H28BrN9/c20-12-3-1-5-16(7-12)24-17-25-18(28-6-2-4-13(21)9-28)27-19(26-17)29-10-14(22)8-15(23)11-29/h1,3,5,7,13-15H,2,4,6,8-11,21-23H2,(H,24,25,26,27)/t13-,14-,15+/m1/s1. The van der Waals surface area contributed by atoms with E-state index in [0.29, 0.717) is 30.9 Å². The molecule has 0 saturated carbocycles. The molecule has 10 heteroatoms. The number of hydrogen-bond acceptors (Lipinski definition) is 9. The van der Waals surface area contributed by atoms with Crippen LogP contribution in [-0.2, 0) is 0 Å². The van der Waals surface area contributed by atoms with Crippen molar-refractivity contribution in [2.45, 2.75) is 37.4 Å². The molecule has 2 aliphatic rings. The normalized spacial score (nSPS) is 25.2. The first-order chi connectivity index (χ1) is 14.0. The van der Waals surface area contributed by atoms with Crippen molar-refractivity contribution in [3.8, 4) is 0 Å². The van der Waals surface area contributed by atoms with Gasteiger partial charge in [-0.2, -0.15) is 15.0 Å². The molecule has 1 aromatic carbocycles. The molecule has 1 aromatic heterocycles. The van der Waals surface area contributed by atoms with Crippen LogP contribution < -0.4 is 32.3 Å². The quantitative estimate of drug-likeness (QED) is 0.528. The van der Waals surface area contributed by atoms with Gasteiger partial charge in [0.1, 0.15) is 0 Å². The molecule has 3 atom stereocenters. The Bertz CT molecular complexity index is 838. The number of anilines is 4. The lowest BCUT2D eigenvalue weighted by Crippen LogP contribution is -2.53. The fourth-order valence-electron chi connectivity index (χ4n) is 3.92. The largest absolute Gasteiger partial charge is 0.339 e. The smallest absolute Gasteiger partial charge is 0.233 e. The van der Waals surface area contributed by atoms with E-state index in [0.717, 1.165) is 42.5 Å². The van der Waals surface area contributed by atoms with E-state index in [1.165, 1.54) is 0 Å². The van der Waals surface area contributed by atoms with Crippen molar-refractivity contribution in [1.82, 2.24) is 15.0 Å². The van der Waals surface area contributed by atoms with Crippen molar-refractivity contribution in [3.63, 3.8) is 0 Å². The zero-order valence-electron chi connectivity index (χ0n) is 16.3. The van der Waals surface area contributed by atoms with Crippen molar-refractivity contribution < 1.29 is 0 Å². The van der Waals surface area contributed by atoms with Crippen LogP contribution in [-0.4, -0.2) is 59.3 Å². The summed E-state index contributed by atoms with van der Waals surface area (Å²) in [7, 11) is 0. The van der Waals surface area contributed by atoms with Crippen LogP contribution in [0.3, 0.4) is 0 Å². The minimum atomic E-state index is 0.00358. The van der Waals surface area contributed by atoms with Crippen molar-refractivity contribution in [3.05, 3.63) is 28.7 Å². The minimum absolute atomic E-state index is 0.00358. The molecule has 7 N–H and O–H groups in total. The van der Waals surface area contributed by atoms with Gasteiger partial charge < -0.3 is 32.3 Å². The van der Waals surface area contributed by atoms with Gasteiger partial charge in [-0.1, -0.05) is 22.0 Å². The third-order valence-electron chi connectivity index (χ3n) is 5.23. The highest BCUT2D eigenvalue weighted by Crippen LogP contribution is 2.24. The molecular formula is C19H28BrN9. The van der Waals surface area contributed by atoms with Crippen molar-refractivity contribution in [1.29, 1.82) is 0 Å². The molecule has 156 valence electrons. The Kier molecular flexibility index (Phi) is 6.14. The lowest BCUT2D eigenvalue weighted by Gasteiger charge is -2.35. The van der Waals surface area contributed by atoms with E-state index in [9.17, 15) is 0 Å². The zero-order valence-corrected chi connectivity index (χ0v) is 17.9. The van der Waals surface area contributed by atoms with E-state index < -0.39 is 0 Å². The van der Waals surface area contributed by atoms with Gasteiger partial charge in [0, 0.05) is 54.5 Å². The molecule has 0 spiro atoms. The maximum atomic E-state index is 6.19. The van der Waals surface area contributed by atoms with Crippen LogP contribution in [0, 0.1) is 0 Å². The van der Waals surface area contributed by atoms with Gasteiger partial charge in [0.05, 0.1) is 0 Å². The Morgan fingerprint density at radius 2 is 1.62 bits per heavy atom. The molecular weight excluding hydrogens is 434 g/mol. The van der Waals surface area contributed by atoms with Crippen LogP contribution in [0.5, 0.6) is 0 Å². The molecule has 2 saturated heterocycles. The predicted molar refractivity (Wildman–Crippen MR) is 119 cm³/mol. The second kappa shape index (κ2) is 8.78. The molecule has 29 heavy (non-hydrogen) atoms. The topological polar surface area (TPSA) is 135 Å². The lowest BCUT2D eigenvalue weighted by molar-refractivity contribution is 0.446. The van der Waals surface area contributed by atoms with Crippen molar-refractivity contribution in [2.75, 3.05) is 41.3 Å². The van der Waals surface area contributed by atoms with E-state index in [4.69, 9.17) is 22.2 Å². The van der Waals surface area contributed by atoms with Crippen molar-refractivity contribution in [2.24, 2.45) is 17.2 Å². The maximum Gasteiger partial charge on any atom is 0.233 e. The number of nitrogens with one attached hydrogen (secondary N) is 1. The zero-order chi connectivity index (χ0) is 20.4. The number of rotatable bonds is 4. The third-order valence-corrected chi connectivity index (χ3v) is 5.72. The number of nitrogens with zero attached hydrogens (tertiary/aromatic N) is 5. The Labute approximate surface area is 179 Å². The van der Waals surface area contributed by atoms with E-state index >= 15 is 0 Å². The molecule has 0 amide bonds. The van der Waals surface area contributed by atoms with Crippen LogP contribution >= 0.6 is 15.9 Å². The first kappa shape index (κ1) is 20.3. The average Bonchev–Trinajstić information content (AvgIpc) is 2.67. The summed E-state index contributed by atoms with van der Waals surface area (Å²) in [6, 6.07) is 8.02. The highest BCUT2D eigenvalue weighted by Gasteiger charge is 2.27. The van der Waals surface area contributed by atoms with Gasteiger partial charge in [-0.15, -0.1) is 0 Å². The number of benzene rings is 1. The Hall–Kier alpha value is -2.01. The molecule has 3 heterocycles. The summed E-state index contributed by atoms with van der Waals surface area (Å²) in [6.07, 6.45) is 2.85. The summed E-state index contributed by atoms with van der Waals surface area (Å²) in [6.45, 7) is 2.96. The molecule has 0 radical (unpaired) electrons. The molecule has 2 aliphatic heterocycles. The second-order valence-corrected chi connectivity index (χ2v) is 8.82. The van der Waals surface area contributed by atoms with Gasteiger partial charge in [-0.3, -0.25) is 0 Å². The van der Waals surface area contributed by atoms with Crippen LogP contribution in [0.4, 0.5) is 23.5 Å². The predicted octanol–water partition coefficient (Wildman–Crippen LogP) is 1.17. The summed E-state index contributed by atoms with van der Waals surface area (Å²) >= 11 is 3.50. The fraction of sp³-hybridized carbons (Fsp3) is 0.526. The van der Waals surface area contributed by atoms with Gasteiger partial charge in [0.2, 0.25) is 17.8 Å².